The lowest BCUT2D eigenvalue weighted by molar-refractivity contribution is -0.180. The molecule has 2 aromatic carbocycles. The van der Waals surface area contributed by atoms with Crippen LogP contribution in [0.3, 0.4) is 0 Å². The third-order valence-corrected chi connectivity index (χ3v) is 3.80. The number of halogens is 4. The molecule has 2 aromatic rings. The van der Waals surface area contributed by atoms with Crippen molar-refractivity contribution in [2.24, 2.45) is 0 Å². The molecule has 0 aliphatic carbocycles. The van der Waals surface area contributed by atoms with Crippen molar-refractivity contribution in [3.05, 3.63) is 70.3 Å². The van der Waals surface area contributed by atoms with E-state index in [9.17, 15) is 13.2 Å². The molecule has 0 amide bonds. The molecule has 0 spiro atoms. The van der Waals surface area contributed by atoms with Gasteiger partial charge in [-0.1, -0.05) is 48.0 Å². The van der Waals surface area contributed by atoms with Crippen molar-refractivity contribution in [2.45, 2.75) is 18.7 Å². The fourth-order valence-corrected chi connectivity index (χ4v) is 2.58. The highest BCUT2D eigenvalue weighted by atomic mass is 35.5. The molecule has 1 heterocycles. The van der Waals surface area contributed by atoms with Crippen LogP contribution in [0.4, 0.5) is 13.2 Å². The predicted octanol–water partition coefficient (Wildman–Crippen LogP) is 5.27. The van der Waals surface area contributed by atoms with E-state index in [1.54, 1.807) is 12.1 Å². The maximum absolute atomic E-state index is 12.8. The van der Waals surface area contributed by atoms with Crippen LogP contribution in [0, 0.1) is 0 Å². The lowest BCUT2D eigenvalue weighted by Crippen LogP contribution is -2.33. The first-order valence-electron chi connectivity index (χ1n) is 6.71. The number of rotatable bonds is 2. The van der Waals surface area contributed by atoms with E-state index >= 15 is 0 Å². The van der Waals surface area contributed by atoms with Gasteiger partial charge in [-0.05, 0) is 35.8 Å². The van der Waals surface area contributed by atoms with Crippen LogP contribution in [0.1, 0.15) is 16.7 Å². The lowest BCUT2D eigenvalue weighted by atomic mass is 10.0. The molecule has 114 valence electrons. The van der Waals surface area contributed by atoms with E-state index in [1.807, 2.05) is 30.3 Å². The smallest absolute Gasteiger partial charge is 0.429 e. The summed E-state index contributed by atoms with van der Waals surface area (Å²) in [4.78, 5) is 0. The van der Waals surface area contributed by atoms with Crippen LogP contribution >= 0.6 is 11.6 Å². The predicted molar refractivity (Wildman–Crippen MR) is 80.2 cm³/mol. The van der Waals surface area contributed by atoms with E-state index < -0.39 is 12.3 Å². The largest absolute Gasteiger partial charge is 0.476 e. The summed E-state index contributed by atoms with van der Waals surface area (Å²) < 4.78 is 43.3. The van der Waals surface area contributed by atoms with Gasteiger partial charge in [0.1, 0.15) is 5.75 Å². The molecule has 1 aliphatic rings. The van der Waals surface area contributed by atoms with E-state index in [-0.39, 0.29) is 5.75 Å². The Kier molecular flexibility index (Phi) is 3.87. The lowest BCUT2D eigenvalue weighted by Gasteiger charge is -2.24. The highest BCUT2D eigenvalue weighted by molar-refractivity contribution is 6.31. The summed E-state index contributed by atoms with van der Waals surface area (Å²) in [6.45, 7) is 0. The Bertz CT molecular complexity index is 708. The normalized spacial score (nSPS) is 17.0. The first-order chi connectivity index (χ1) is 10.4. The maximum atomic E-state index is 12.8. The molecule has 0 N–H and O–H groups in total. The molecule has 0 aromatic heterocycles. The molecular weight excluding hydrogens is 313 g/mol. The molecule has 5 heteroatoms. The highest BCUT2D eigenvalue weighted by Gasteiger charge is 2.41. The van der Waals surface area contributed by atoms with Crippen molar-refractivity contribution >= 4 is 17.7 Å². The molecule has 22 heavy (non-hydrogen) atoms. The second-order valence-electron chi connectivity index (χ2n) is 5.08. The zero-order valence-corrected chi connectivity index (χ0v) is 12.2. The summed E-state index contributed by atoms with van der Waals surface area (Å²) in [6.07, 6.45) is -3.40. The summed E-state index contributed by atoms with van der Waals surface area (Å²) in [6, 6.07) is 12.8. The molecule has 0 bridgehead atoms. The van der Waals surface area contributed by atoms with Crippen LogP contribution in [0.5, 0.6) is 5.75 Å². The fraction of sp³-hybridized carbons (Fsp3) is 0.176. The number of fused-ring (bicyclic) bond motifs is 1. The van der Waals surface area contributed by atoms with Crippen LogP contribution in [0.25, 0.3) is 6.08 Å². The molecule has 0 saturated heterocycles. The molecule has 1 atom stereocenters. The van der Waals surface area contributed by atoms with Crippen LogP contribution in [-0.2, 0) is 6.42 Å². The van der Waals surface area contributed by atoms with Gasteiger partial charge in [-0.2, -0.15) is 13.2 Å². The van der Waals surface area contributed by atoms with Crippen molar-refractivity contribution in [1.29, 1.82) is 0 Å². The number of alkyl halides is 3. The number of hydrogen-bond acceptors (Lipinski definition) is 1. The Balaban J connectivity index is 1.91. The fourth-order valence-electron chi connectivity index (χ4n) is 2.34. The van der Waals surface area contributed by atoms with Gasteiger partial charge in [0.05, 0.1) is 0 Å². The van der Waals surface area contributed by atoms with Gasteiger partial charge in [-0.15, -0.1) is 0 Å². The summed E-state index contributed by atoms with van der Waals surface area (Å²) in [5.41, 5.74) is 2.33. The van der Waals surface area contributed by atoms with Gasteiger partial charge in [0.2, 0.25) is 6.10 Å². The van der Waals surface area contributed by atoms with Crippen LogP contribution in [0.15, 0.2) is 48.5 Å². The van der Waals surface area contributed by atoms with Crippen LogP contribution in [-0.4, -0.2) is 12.3 Å². The Morgan fingerprint density at radius 1 is 1.09 bits per heavy atom. The summed E-state index contributed by atoms with van der Waals surface area (Å²) in [5.74, 6) is 0.208. The van der Waals surface area contributed by atoms with Crippen molar-refractivity contribution in [3.63, 3.8) is 0 Å². The van der Waals surface area contributed by atoms with Gasteiger partial charge >= 0.3 is 6.18 Å². The quantitative estimate of drug-likeness (QED) is 0.731. The SMILES string of the molecule is FC(F)(F)[C@@H]1C=Cc2cc(Cl)c(Cc3ccccc3)cc2O1. The second-order valence-corrected chi connectivity index (χ2v) is 5.49. The molecule has 3 rings (SSSR count). The number of ether oxygens (including phenoxy) is 1. The number of hydrogen-bond donors (Lipinski definition) is 0. The monoisotopic (exact) mass is 324 g/mol. The molecular formula is C17H12ClF3O. The van der Waals surface area contributed by atoms with Gasteiger partial charge in [0.25, 0.3) is 0 Å². The van der Waals surface area contributed by atoms with Gasteiger partial charge in [0.15, 0.2) is 0 Å². The molecule has 0 radical (unpaired) electrons. The Morgan fingerprint density at radius 3 is 2.50 bits per heavy atom. The average Bonchev–Trinajstić information content (AvgIpc) is 2.47. The Morgan fingerprint density at radius 2 is 1.82 bits per heavy atom. The van der Waals surface area contributed by atoms with E-state index in [1.165, 1.54) is 6.08 Å². The molecule has 1 aliphatic heterocycles. The van der Waals surface area contributed by atoms with Gasteiger partial charge in [-0.25, -0.2) is 0 Å². The molecule has 0 fully saturated rings. The van der Waals surface area contributed by atoms with Gasteiger partial charge in [0, 0.05) is 10.6 Å². The zero-order chi connectivity index (χ0) is 15.7. The number of benzene rings is 2. The minimum Gasteiger partial charge on any atom is -0.476 e. The van der Waals surface area contributed by atoms with Crippen molar-refractivity contribution in [1.82, 2.24) is 0 Å². The van der Waals surface area contributed by atoms with Crippen LogP contribution in [0.2, 0.25) is 5.02 Å². The zero-order valence-electron chi connectivity index (χ0n) is 11.4. The highest BCUT2D eigenvalue weighted by Crippen LogP contribution is 2.36. The minimum absolute atomic E-state index is 0.208. The third kappa shape index (κ3) is 3.12. The standard InChI is InChI=1S/C17H12ClF3O/c18-14-9-12-6-7-16(17(19,20)21)22-15(12)10-13(14)8-11-4-2-1-3-5-11/h1-7,9-10,16H,8H2/t16-/m0/s1. The molecule has 0 saturated carbocycles. The van der Waals surface area contributed by atoms with E-state index in [4.69, 9.17) is 16.3 Å². The Hall–Kier alpha value is -1.94. The maximum Gasteiger partial charge on any atom is 0.429 e. The van der Waals surface area contributed by atoms with Gasteiger partial charge < -0.3 is 4.74 Å². The van der Waals surface area contributed by atoms with Crippen LogP contribution < -0.4 is 4.74 Å². The summed E-state index contributed by atoms with van der Waals surface area (Å²) in [5, 5.41) is 0.515. The van der Waals surface area contributed by atoms with E-state index in [0.29, 0.717) is 17.0 Å². The minimum atomic E-state index is -4.42. The topological polar surface area (TPSA) is 9.23 Å². The summed E-state index contributed by atoms with van der Waals surface area (Å²) in [7, 11) is 0. The van der Waals surface area contributed by atoms with E-state index in [2.05, 4.69) is 0 Å². The van der Waals surface area contributed by atoms with Crippen molar-refractivity contribution < 1.29 is 17.9 Å². The second kappa shape index (κ2) is 5.69. The average molecular weight is 325 g/mol. The molecule has 1 nitrogen and oxygen atoms in total. The first kappa shape index (κ1) is 15.0. The molecule has 0 unspecified atom stereocenters. The third-order valence-electron chi connectivity index (χ3n) is 3.44. The summed E-state index contributed by atoms with van der Waals surface area (Å²) >= 11 is 6.23. The van der Waals surface area contributed by atoms with Crippen molar-refractivity contribution in [2.75, 3.05) is 0 Å². The Labute approximate surface area is 131 Å². The van der Waals surface area contributed by atoms with E-state index in [0.717, 1.165) is 17.2 Å². The van der Waals surface area contributed by atoms with Gasteiger partial charge in [-0.3, -0.25) is 0 Å². The first-order valence-corrected chi connectivity index (χ1v) is 7.09. The van der Waals surface area contributed by atoms with Crippen molar-refractivity contribution in [3.8, 4) is 5.75 Å².